The zero-order chi connectivity index (χ0) is 21.8. The molecular weight excluding hydrogens is 398 g/mol. The minimum absolute atomic E-state index is 0.0237. The van der Waals surface area contributed by atoms with Crippen molar-refractivity contribution in [3.8, 4) is 6.07 Å². The minimum atomic E-state index is -3.83. The van der Waals surface area contributed by atoms with Gasteiger partial charge in [-0.2, -0.15) is 9.57 Å². The van der Waals surface area contributed by atoms with Gasteiger partial charge in [0.05, 0.1) is 22.7 Å². The van der Waals surface area contributed by atoms with Gasteiger partial charge in [0.15, 0.2) is 6.61 Å². The molecule has 0 bridgehead atoms. The van der Waals surface area contributed by atoms with Crippen molar-refractivity contribution in [1.29, 1.82) is 5.26 Å². The molecule has 0 aromatic heterocycles. The van der Waals surface area contributed by atoms with E-state index in [0.717, 1.165) is 0 Å². The Hall–Kier alpha value is -2.74. The predicted molar refractivity (Wildman–Crippen MR) is 103 cm³/mol. The zero-order valence-corrected chi connectivity index (χ0v) is 17.2. The normalized spacial score (nSPS) is 21.0. The smallest absolute Gasteiger partial charge is 0.338 e. The lowest BCUT2D eigenvalue weighted by molar-refractivity contribution is -0.118. The number of carbonyl (C=O) groups is 2. The van der Waals surface area contributed by atoms with Crippen molar-refractivity contribution in [1.82, 2.24) is 4.31 Å². The summed E-state index contributed by atoms with van der Waals surface area (Å²) in [6.45, 7) is 4.70. The SMILES string of the molecule is C/C(N)=C(\C#N)C(=O)COC(=O)c1cccc(S(=O)(=O)N2C[C@@H](C)O[C@H](C)C2)c1. The molecule has 1 heterocycles. The summed E-state index contributed by atoms with van der Waals surface area (Å²) in [5, 5.41) is 8.91. The summed E-state index contributed by atoms with van der Waals surface area (Å²) in [6.07, 6.45) is -0.498. The number of sulfonamides is 1. The fourth-order valence-corrected chi connectivity index (χ4v) is 4.55. The molecule has 156 valence electrons. The molecule has 29 heavy (non-hydrogen) atoms. The largest absolute Gasteiger partial charge is 0.454 e. The van der Waals surface area contributed by atoms with Crippen LogP contribution in [0.5, 0.6) is 0 Å². The van der Waals surface area contributed by atoms with Gasteiger partial charge in [-0.3, -0.25) is 4.79 Å². The Kier molecular flexibility index (Phi) is 7.13. The standard InChI is InChI=1S/C19H23N3O6S/c1-12-9-22(10-13(2)28-12)29(25,26)16-6-4-5-15(7-16)19(24)27-11-18(23)17(8-20)14(3)21/h4-7,12-13H,9-11,21H2,1-3H3/b17-14-/t12-,13-/m1/s1. The molecule has 9 nitrogen and oxygen atoms in total. The summed E-state index contributed by atoms with van der Waals surface area (Å²) in [4.78, 5) is 24.1. The molecule has 0 amide bonds. The van der Waals surface area contributed by atoms with Gasteiger partial charge in [0.25, 0.3) is 0 Å². The number of carbonyl (C=O) groups excluding carboxylic acids is 2. The van der Waals surface area contributed by atoms with Crippen LogP contribution >= 0.6 is 0 Å². The molecule has 1 aliphatic rings. The van der Waals surface area contributed by atoms with E-state index in [9.17, 15) is 18.0 Å². The van der Waals surface area contributed by atoms with E-state index in [2.05, 4.69) is 0 Å². The van der Waals surface area contributed by atoms with Crippen LogP contribution in [0.2, 0.25) is 0 Å². The fourth-order valence-electron chi connectivity index (χ4n) is 2.92. The summed E-state index contributed by atoms with van der Waals surface area (Å²) in [5.74, 6) is -1.62. The third kappa shape index (κ3) is 5.41. The van der Waals surface area contributed by atoms with Crippen molar-refractivity contribution >= 4 is 21.8 Å². The Morgan fingerprint density at radius 1 is 1.31 bits per heavy atom. The van der Waals surface area contributed by atoms with Crippen LogP contribution in [0.1, 0.15) is 31.1 Å². The minimum Gasteiger partial charge on any atom is -0.454 e. The second-order valence-corrected chi connectivity index (χ2v) is 8.71. The number of morpholine rings is 1. The number of Topliss-reactive ketones (excluding diaryl/α,β-unsaturated/α-hetero) is 1. The molecule has 0 radical (unpaired) electrons. The van der Waals surface area contributed by atoms with Gasteiger partial charge in [0, 0.05) is 18.8 Å². The Labute approximate surface area is 169 Å². The van der Waals surface area contributed by atoms with Crippen molar-refractivity contribution in [3.63, 3.8) is 0 Å². The van der Waals surface area contributed by atoms with E-state index in [0.29, 0.717) is 0 Å². The van der Waals surface area contributed by atoms with E-state index >= 15 is 0 Å². The maximum absolute atomic E-state index is 12.9. The number of rotatable bonds is 6. The fraction of sp³-hybridized carbons (Fsp3) is 0.421. The van der Waals surface area contributed by atoms with E-state index in [1.165, 1.54) is 35.5 Å². The van der Waals surface area contributed by atoms with E-state index in [-0.39, 0.29) is 47.0 Å². The lowest BCUT2D eigenvalue weighted by Crippen LogP contribution is -2.48. The number of nitrogens with zero attached hydrogens (tertiary/aromatic N) is 2. The maximum Gasteiger partial charge on any atom is 0.338 e. The Morgan fingerprint density at radius 2 is 1.93 bits per heavy atom. The number of ketones is 1. The van der Waals surface area contributed by atoms with Crippen LogP contribution in [0.4, 0.5) is 0 Å². The maximum atomic E-state index is 12.9. The van der Waals surface area contributed by atoms with E-state index in [1.54, 1.807) is 19.9 Å². The number of hydrogen-bond donors (Lipinski definition) is 1. The number of nitriles is 1. The Morgan fingerprint density at radius 3 is 2.48 bits per heavy atom. The third-order valence-corrected chi connectivity index (χ3v) is 6.04. The highest BCUT2D eigenvalue weighted by Gasteiger charge is 2.32. The lowest BCUT2D eigenvalue weighted by atomic mass is 10.1. The first kappa shape index (κ1) is 22.5. The monoisotopic (exact) mass is 421 g/mol. The van der Waals surface area contributed by atoms with Gasteiger partial charge in [0.1, 0.15) is 11.6 Å². The molecule has 10 heteroatoms. The molecule has 2 atom stereocenters. The molecule has 1 aliphatic heterocycles. The third-order valence-electron chi connectivity index (χ3n) is 4.21. The van der Waals surface area contributed by atoms with Gasteiger partial charge in [-0.05, 0) is 39.0 Å². The molecule has 1 aromatic rings. The van der Waals surface area contributed by atoms with Crippen LogP contribution < -0.4 is 5.73 Å². The van der Waals surface area contributed by atoms with Crippen LogP contribution in [0, 0.1) is 11.3 Å². The topological polar surface area (TPSA) is 140 Å². The second kappa shape index (κ2) is 9.17. The van der Waals surface area contributed by atoms with Gasteiger partial charge in [-0.15, -0.1) is 0 Å². The van der Waals surface area contributed by atoms with Gasteiger partial charge in [0.2, 0.25) is 15.8 Å². The highest BCUT2D eigenvalue weighted by Crippen LogP contribution is 2.22. The molecule has 1 aromatic carbocycles. The second-order valence-electron chi connectivity index (χ2n) is 6.78. The molecule has 1 saturated heterocycles. The summed E-state index contributed by atoms with van der Waals surface area (Å²) in [5.41, 5.74) is 5.15. The molecule has 2 N–H and O–H groups in total. The van der Waals surface area contributed by atoms with Crippen LogP contribution in [-0.4, -0.2) is 56.4 Å². The number of esters is 1. The summed E-state index contributed by atoms with van der Waals surface area (Å²) < 4.78 is 37.6. The van der Waals surface area contributed by atoms with Crippen molar-refractivity contribution in [2.24, 2.45) is 5.73 Å². The number of nitrogens with two attached hydrogens (primary N) is 1. The van der Waals surface area contributed by atoms with Gasteiger partial charge < -0.3 is 15.2 Å². The lowest BCUT2D eigenvalue weighted by Gasteiger charge is -2.34. The zero-order valence-electron chi connectivity index (χ0n) is 16.4. The van der Waals surface area contributed by atoms with Gasteiger partial charge in [-0.25, -0.2) is 13.2 Å². The summed E-state index contributed by atoms with van der Waals surface area (Å²) in [7, 11) is -3.83. The average Bonchev–Trinajstić information content (AvgIpc) is 2.65. The molecule has 2 rings (SSSR count). The number of allylic oxidation sites excluding steroid dienone is 1. The first-order chi connectivity index (χ1) is 13.6. The number of ether oxygens (including phenoxy) is 2. The van der Waals surface area contributed by atoms with Crippen LogP contribution in [0.15, 0.2) is 40.4 Å². The average molecular weight is 421 g/mol. The number of benzene rings is 1. The van der Waals surface area contributed by atoms with E-state index in [1.807, 2.05) is 0 Å². The summed E-state index contributed by atoms with van der Waals surface area (Å²) in [6, 6.07) is 7.04. The molecule has 0 saturated carbocycles. The highest BCUT2D eigenvalue weighted by molar-refractivity contribution is 7.89. The van der Waals surface area contributed by atoms with Crippen LogP contribution in [0.25, 0.3) is 0 Å². The Bertz CT molecular complexity index is 966. The van der Waals surface area contributed by atoms with Crippen molar-refractivity contribution in [2.75, 3.05) is 19.7 Å². The Balaban J connectivity index is 2.16. The molecule has 0 spiro atoms. The molecule has 1 fully saturated rings. The van der Waals surface area contributed by atoms with Gasteiger partial charge in [-0.1, -0.05) is 6.07 Å². The van der Waals surface area contributed by atoms with Crippen molar-refractivity contribution in [3.05, 3.63) is 41.1 Å². The summed E-state index contributed by atoms with van der Waals surface area (Å²) >= 11 is 0. The molecular formula is C19H23N3O6S. The first-order valence-electron chi connectivity index (χ1n) is 8.88. The van der Waals surface area contributed by atoms with Crippen LogP contribution in [-0.2, 0) is 24.3 Å². The first-order valence-corrected chi connectivity index (χ1v) is 10.3. The van der Waals surface area contributed by atoms with Crippen LogP contribution in [0.3, 0.4) is 0 Å². The quantitative estimate of drug-likeness (QED) is 0.407. The highest BCUT2D eigenvalue weighted by atomic mass is 32.2. The van der Waals surface area contributed by atoms with Crippen molar-refractivity contribution in [2.45, 2.75) is 37.9 Å². The van der Waals surface area contributed by atoms with Crippen molar-refractivity contribution < 1.29 is 27.5 Å². The molecule has 0 aliphatic carbocycles. The van der Waals surface area contributed by atoms with E-state index in [4.69, 9.17) is 20.5 Å². The van der Waals surface area contributed by atoms with E-state index < -0.39 is 28.4 Å². The number of hydrogen-bond acceptors (Lipinski definition) is 8. The predicted octanol–water partition coefficient (Wildman–Crippen LogP) is 0.967. The van der Waals surface area contributed by atoms with Gasteiger partial charge >= 0.3 is 5.97 Å². The molecule has 0 unspecified atom stereocenters.